The van der Waals surface area contributed by atoms with Crippen molar-refractivity contribution in [1.29, 1.82) is 0 Å². The fourth-order valence-electron chi connectivity index (χ4n) is 2.17. The van der Waals surface area contributed by atoms with Gasteiger partial charge in [-0.1, -0.05) is 17.7 Å². The van der Waals surface area contributed by atoms with Gasteiger partial charge in [-0.15, -0.1) is 0 Å². The van der Waals surface area contributed by atoms with Crippen LogP contribution in [0.1, 0.15) is 19.4 Å². The van der Waals surface area contributed by atoms with Gasteiger partial charge in [0.25, 0.3) is 0 Å². The van der Waals surface area contributed by atoms with Crippen LogP contribution in [0.4, 0.5) is 17.1 Å². The third-order valence-corrected chi connectivity index (χ3v) is 4.41. The molecule has 0 aliphatic rings. The van der Waals surface area contributed by atoms with Gasteiger partial charge in [0.15, 0.2) is 0 Å². The van der Waals surface area contributed by atoms with Crippen LogP contribution in [0, 0.1) is 6.92 Å². The average Bonchev–Trinajstić information content (AvgIpc) is 2.52. The molecule has 5 nitrogen and oxygen atoms in total. The summed E-state index contributed by atoms with van der Waals surface area (Å²) in [6.45, 7) is 5.15. The molecule has 1 unspecified atom stereocenters. The second-order valence-electron chi connectivity index (χ2n) is 5.71. The largest absolute Gasteiger partial charge is 0.374 e. The fraction of sp³-hybridized carbons (Fsp3) is 0.222. The van der Waals surface area contributed by atoms with Crippen molar-refractivity contribution in [3.8, 4) is 0 Å². The molecule has 0 saturated carbocycles. The van der Waals surface area contributed by atoms with Crippen molar-refractivity contribution in [2.24, 2.45) is 0 Å². The van der Waals surface area contributed by atoms with Crippen molar-refractivity contribution in [2.45, 2.75) is 26.8 Å². The number of anilines is 3. The van der Waals surface area contributed by atoms with Gasteiger partial charge in [-0.05, 0) is 65.7 Å². The molecule has 7 heteroatoms. The highest BCUT2D eigenvalue weighted by Crippen LogP contribution is 2.26. The lowest BCUT2D eigenvalue weighted by Crippen LogP contribution is -2.32. The number of hydrogen-bond acceptors (Lipinski definition) is 3. The first-order valence-corrected chi connectivity index (χ1v) is 8.84. The maximum absolute atomic E-state index is 12.4. The molecule has 0 heterocycles. The van der Waals surface area contributed by atoms with Gasteiger partial charge in [0.05, 0.1) is 16.4 Å². The van der Waals surface area contributed by atoms with E-state index in [-0.39, 0.29) is 11.8 Å². The summed E-state index contributed by atoms with van der Waals surface area (Å²) in [5.74, 6) is -0.370. The zero-order valence-electron chi connectivity index (χ0n) is 14.1. The molecule has 0 spiro atoms. The summed E-state index contributed by atoms with van der Waals surface area (Å²) in [5, 5.41) is 8.99. The Kier molecular flexibility index (Phi) is 6.45. The van der Waals surface area contributed by atoms with Crippen LogP contribution in [0.25, 0.3) is 0 Å². The lowest BCUT2D eigenvalue weighted by Gasteiger charge is -2.17. The highest BCUT2D eigenvalue weighted by molar-refractivity contribution is 9.10. The Balaban J connectivity index is 2.03. The van der Waals surface area contributed by atoms with Crippen molar-refractivity contribution in [3.63, 3.8) is 0 Å². The molecule has 0 saturated heterocycles. The number of nitrogens with one attached hydrogen (secondary N) is 3. The molecule has 2 aromatic carbocycles. The summed E-state index contributed by atoms with van der Waals surface area (Å²) in [4.78, 5) is 23.5. The second-order valence-corrected chi connectivity index (χ2v) is 6.98. The van der Waals surface area contributed by atoms with Gasteiger partial charge in [-0.25, -0.2) is 0 Å². The summed E-state index contributed by atoms with van der Waals surface area (Å²) in [6.07, 6.45) is 0. The average molecular weight is 425 g/mol. The van der Waals surface area contributed by atoms with E-state index in [0.29, 0.717) is 22.1 Å². The minimum absolute atomic E-state index is 0.174. The van der Waals surface area contributed by atoms with E-state index in [1.54, 1.807) is 25.1 Å². The van der Waals surface area contributed by atoms with E-state index < -0.39 is 6.04 Å². The van der Waals surface area contributed by atoms with E-state index in [0.717, 1.165) is 10.0 Å². The molecule has 25 heavy (non-hydrogen) atoms. The summed E-state index contributed by atoms with van der Waals surface area (Å²) < 4.78 is 0.829. The van der Waals surface area contributed by atoms with Gasteiger partial charge in [0.2, 0.25) is 11.8 Å². The molecule has 0 bridgehead atoms. The topological polar surface area (TPSA) is 70.2 Å². The normalized spacial score (nSPS) is 11.6. The van der Waals surface area contributed by atoms with Crippen LogP contribution in [-0.4, -0.2) is 17.9 Å². The second kappa shape index (κ2) is 8.36. The van der Waals surface area contributed by atoms with Crippen molar-refractivity contribution in [1.82, 2.24) is 0 Å². The lowest BCUT2D eigenvalue weighted by atomic mass is 10.2. The molecular weight excluding hydrogens is 406 g/mol. The molecule has 3 N–H and O–H groups in total. The van der Waals surface area contributed by atoms with E-state index in [2.05, 4.69) is 31.9 Å². The molecular formula is C18H19BrClN3O2. The molecule has 1 atom stereocenters. The number of benzene rings is 2. The standard InChI is InChI=1S/C18H19BrClN3O2/c1-10-4-6-16(14(19)8-10)23-18(25)11(2)21-13-5-7-17(15(20)9-13)22-12(3)24/h4-9,11,21H,1-3H3,(H,22,24)(H,23,25). The van der Waals surface area contributed by atoms with Gasteiger partial charge in [0.1, 0.15) is 6.04 Å². The van der Waals surface area contributed by atoms with Gasteiger partial charge < -0.3 is 16.0 Å². The van der Waals surface area contributed by atoms with Crippen LogP contribution in [0.15, 0.2) is 40.9 Å². The third kappa shape index (κ3) is 5.47. The molecule has 2 rings (SSSR count). The van der Waals surface area contributed by atoms with E-state index in [4.69, 9.17) is 11.6 Å². The van der Waals surface area contributed by atoms with Crippen LogP contribution in [-0.2, 0) is 9.59 Å². The molecule has 132 valence electrons. The zero-order valence-corrected chi connectivity index (χ0v) is 16.5. The van der Waals surface area contributed by atoms with E-state index in [9.17, 15) is 9.59 Å². The SMILES string of the molecule is CC(=O)Nc1ccc(NC(C)C(=O)Nc2ccc(C)cc2Br)cc1Cl. The number of aryl methyl sites for hydroxylation is 1. The van der Waals surface area contributed by atoms with Gasteiger partial charge >= 0.3 is 0 Å². The van der Waals surface area contributed by atoms with E-state index >= 15 is 0 Å². The molecule has 2 amide bonds. The minimum Gasteiger partial charge on any atom is -0.374 e. The summed E-state index contributed by atoms with van der Waals surface area (Å²) in [6, 6.07) is 10.3. The quantitative estimate of drug-likeness (QED) is 0.645. The van der Waals surface area contributed by atoms with E-state index in [1.165, 1.54) is 6.92 Å². The molecule has 0 aliphatic carbocycles. The van der Waals surface area contributed by atoms with Crippen LogP contribution in [0.3, 0.4) is 0 Å². The molecule has 0 radical (unpaired) electrons. The predicted octanol–water partition coefficient (Wildman–Crippen LogP) is 4.81. The Morgan fingerprint density at radius 3 is 2.36 bits per heavy atom. The number of halogens is 2. The van der Waals surface area contributed by atoms with Crippen LogP contribution in [0.2, 0.25) is 5.02 Å². The molecule has 2 aromatic rings. The van der Waals surface area contributed by atoms with Gasteiger partial charge in [-0.2, -0.15) is 0 Å². The number of rotatable bonds is 5. The number of carbonyl (C=O) groups excluding carboxylic acids is 2. The lowest BCUT2D eigenvalue weighted by molar-refractivity contribution is -0.116. The Morgan fingerprint density at radius 1 is 1.08 bits per heavy atom. The third-order valence-electron chi connectivity index (χ3n) is 3.44. The number of amides is 2. The predicted molar refractivity (Wildman–Crippen MR) is 106 cm³/mol. The Bertz CT molecular complexity index is 811. The zero-order chi connectivity index (χ0) is 18.6. The van der Waals surface area contributed by atoms with Crippen molar-refractivity contribution < 1.29 is 9.59 Å². The molecule has 0 aromatic heterocycles. The van der Waals surface area contributed by atoms with Crippen LogP contribution in [0.5, 0.6) is 0 Å². The fourth-order valence-corrected chi connectivity index (χ4v) is 2.99. The smallest absolute Gasteiger partial charge is 0.246 e. The first-order valence-electron chi connectivity index (χ1n) is 7.67. The number of hydrogen-bond donors (Lipinski definition) is 3. The Labute approximate surface area is 160 Å². The van der Waals surface area contributed by atoms with Gasteiger partial charge in [0, 0.05) is 17.1 Å². The summed E-state index contributed by atoms with van der Waals surface area (Å²) in [5.41, 5.74) is 3.03. The summed E-state index contributed by atoms with van der Waals surface area (Å²) in [7, 11) is 0. The van der Waals surface area contributed by atoms with Gasteiger partial charge in [-0.3, -0.25) is 9.59 Å². The maximum Gasteiger partial charge on any atom is 0.246 e. The van der Waals surface area contributed by atoms with Crippen LogP contribution >= 0.6 is 27.5 Å². The monoisotopic (exact) mass is 423 g/mol. The Morgan fingerprint density at radius 2 is 1.76 bits per heavy atom. The minimum atomic E-state index is -0.476. The summed E-state index contributed by atoms with van der Waals surface area (Å²) >= 11 is 9.58. The van der Waals surface area contributed by atoms with Crippen molar-refractivity contribution in [3.05, 3.63) is 51.5 Å². The van der Waals surface area contributed by atoms with E-state index in [1.807, 2.05) is 25.1 Å². The first kappa shape index (κ1) is 19.3. The van der Waals surface area contributed by atoms with Crippen LogP contribution < -0.4 is 16.0 Å². The highest BCUT2D eigenvalue weighted by Gasteiger charge is 2.15. The highest BCUT2D eigenvalue weighted by atomic mass is 79.9. The van der Waals surface area contributed by atoms with Crippen molar-refractivity contribution >= 4 is 56.4 Å². The molecule has 0 aliphatic heterocycles. The molecule has 0 fully saturated rings. The van der Waals surface area contributed by atoms with Crippen molar-refractivity contribution in [2.75, 3.05) is 16.0 Å². The Hall–Kier alpha value is -2.05. The maximum atomic E-state index is 12.4. The first-order chi connectivity index (χ1) is 11.8. The number of carbonyl (C=O) groups is 2.